The summed E-state index contributed by atoms with van der Waals surface area (Å²) in [6, 6.07) is 20.3. The Morgan fingerprint density at radius 1 is 1.10 bits per heavy atom. The highest BCUT2D eigenvalue weighted by Crippen LogP contribution is 2.36. The van der Waals surface area contributed by atoms with Crippen LogP contribution >= 0.6 is 0 Å². The Bertz CT molecular complexity index is 1090. The van der Waals surface area contributed by atoms with Gasteiger partial charge in [0.25, 0.3) is 11.8 Å². The molecule has 6 heteroatoms. The smallest absolute Gasteiger partial charge is 0.265 e. The summed E-state index contributed by atoms with van der Waals surface area (Å²) in [5.41, 5.74) is 3.81. The fourth-order valence-electron chi connectivity index (χ4n) is 3.36. The Morgan fingerprint density at radius 2 is 1.87 bits per heavy atom. The van der Waals surface area contributed by atoms with Crippen molar-refractivity contribution in [2.24, 2.45) is 0 Å². The number of benzene rings is 3. The van der Waals surface area contributed by atoms with Crippen LogP contribution in [0.5, 0.6) is 11.5 Å². The number of anilines is 2. The molecule has 0 unspecified atom stereocenters. The van der Waals surface area contributed by atoms with E-state index >= 15 is 0 Å². The Kier molecular flexibility index (Phi) is 5.39. The zero-order valence-electron chi connectivity index (χ0n) is 16.8. The van der Waals surface area contributed by atoms with E-state index in [0.29, 0.717) is 35.0 Å². The van der Waals surface area contributed by atoms with Gasteiger partial charge in [-0.15, -0.1) is 0 Å². The van der Waals surface area contributed by atoms with E-state index in [4.69, 9.17) is 9.47 Å². The zero-order valence-corrected chi connectivity index (χ0v) is 16.8. The highest BCUT2D eigenvalue weighted by atomic mass is 16.5. The minimum Gasteiger partial charge on any atom is -0.496 e. The van der Waals surface area contributed by atoms with Crippen LogP contribution in [0, 0.1) is 6.92 Å². The molecule has 6 nitrogen and oxygen atoms in total. The quantitative estimate of drug-likeness (QED) is 0.695. The fourth-order valence-corrected chi connectivity index (χ4v) is 3.36. The van der Waals surface area contributed by atoms with Crippen molar-refractivity contribution in [3.63, 3.8) is 0 Å². The van der Waals surface area contributed by atoms with Gasteiger partial charge < -0.3 is 19.7 Å². The summed E-state index contributed by atoms with van der Waals surface area (Å²) >= 11 is 0. The minimum atomic E-state index is -0.291. The Hall–Kier alpha value is -3.80. The number of hydrogen-bond acceptors (Lipinski definition) is 4. The second-order valence-electron chi connectivity index (χ2n) is 7.09. The molecule has 0 fully saturated rings. The molecule has 0 aromatic heterocycles. The maximum atomic E-state index is 12.7. The summed E-state index contributed by atoms with van der Waals surface area (Å²) < 4.78 is 10.8. The van der Waals surface area contributed by atoms with Crippen LogP contribution in [-0.2, 0) is 11.3 Å². The molecule has 0 saturated carbocycles. The molecule has 1 heterocycles. The first-order valence-corrected chi connectivity index (χ1v) is 9.62. The largest absolute Gasteiger partial charge is 0.496 e. The van der Waals surface area contributed by atoms with Crippen molar-refractivity contribution in [1.82, 2.24) is 0 Å². The number of para-hydroxylation sites is 1. The number of carbonyl (C=O) groups excluding carboxylic acids is 2. The Labute approximate surface area is 175 Å². The van der Waals surface area contributed by atoms with Gasteiger partial charge in [-0.2, -0.15) is 0 Å². The monoisotopic (exact) mass is 402 g/mol. The second-order valence-corrected chi connectivity index (χ2v) is 7.09. The number of methoxy groups -OCH3 is 1. The first kappa shape index (κ1) is 19.5. The molecule has 4 rings (SSSR count). The average molecular weight is 402 g/mol. The van der Waals surface area contributed by atoms with Crippen molar-refractivity contribution >= 4 is 23.2 Å². The lowest BCUT2D eigenvalue weighted by atomic mass is 10.1. The molecule has 0 bridgehead atoms. The van der Waals surface area contributed by atoms with Crippen LogP contribution in [0.4, 0.5) is 11.4 Å². The molecule has 0 radical (unpaired) electrons. The molecule has 1 aliphatic rings. The van der Waals surface area contributed by atoms with Crippen LogP contribution in [0.2, 0.25) is 0 Å². The summed E-state index contributed by atoms with van der Waals surface area (Å²) in [7, 11) is 1.52. The maximum Gasteiger partial charge on any atom is 0.265 e. The average Bonchev–Trinajstić information content (AvgIpc) is 2.77. The third-order valence-electron chi connectivity index (χ3n) is 4.97. The van der Waals surface area contributed by atoms with Crippen molar-refractivity contribution < 1.29 is 19.1 Å². The number of rotatable bonds is 5. The first-order valence-electron chi connectivity index (χ1n) is 9.62. The normalized spacial score (nSPS) is 12.7. The summed E-state index contributed by atoms with van der Waals surface area (Å²) in [6.45, 7) is 2.45. The predicted molar refractivity (Wildman–Crippen MR) is 115 cm³/mol. The fraction of sp³-hybridized carbons (Fsp3) is 0.167. The van der Waals surface area contributed by atoms with Gasteiger partial charge in [0.1, 0.15) is 11.5 Å². The topological polar surface area (TPSA) is 67.9 Å². The minimum absolute atomic E-state index is 0.00815. The Balaban J connectivity index is 1.60. The Morgan fingerprint density at radius 3 is 2.63 bits per heavy atom. The van der Waals surface area contributed by atoms with Gasteiger partial charge in [-0.1, -0.05) is 42.0 Å². The molecular weight excluding hydrogens is 380 g/mol. The molecule has 0 saturated heterocycles. The van der Waals surface area contributed by atoms with Crippen molar-refractivity contribution in [2.75, 3.05) is 23.9 Å². The van der Waals surface area contributed by atoms with E-state index in [-0.39, 0.29) is 18.4 Å². The van der Waals surface area contributed by atoms with Gasteiger partial charge in [-0.25, -0.2) is 0 Å². The third-order valence-corrected chi connectivity index (χ3v) is 4.97. The SMILES string of the molecule is COc1ccccc1C(=O)Nc1ccc2c(c1)N(Cc1ccc(C)cc1)C(=O)CO2. The number of nitrogens with one attached hydrogen (secondary N) is 1. The molecule has 0 atom stereocenters. The van der Waals surface area contributed by atoms with Gasteiger partial charge in [0, 0.05) is 5.69 Å². The molecular formula is C24H22N2O4. The first-order chi connectivity index (χ1) is 14.5. The molecule has 152 valence electrons. The highest BCUT2D eigenvalue weighted by molar-refractivity contribution is 6.07. The van der Waals surface area contributed by atoms with Crippen LogP contribution in [0.1, 0.15) is 21.5 Å². The molecule has 2 amide bonds. The predicted octanol–water partition coefficient (Wildman–Crippen LogP) is 4.18. The van der Waals surface area contributed by atoms with E-state index in [0.717, 1.165) is 11.1 Å². The molecule has 3 aromatic carbocycles. The van der Waals surface area contributed by atoms with Crippen molar-refractivity contribution in [3.05, 3.63) is 83.4 Å². The number of nitrogens with zero attached hydrogens (tertiary/aromatic N) is 1. The van der Waals surface area contributed by atoms with Gasteiger partial charge in [0.15, 0.2) is 6.61 Å². The van der Waals surface area contributed by atoms with E-state index in [1.54, 1.807) is 47.4 Å². The number of ether oxygens (including phenoxy) is 2. The van der Waals surface area contributed by atoms with Gasteiger partial charge in [-0.3, -0.25) is 9.59 Å². The summed E-state index contributed by atoms with van der Waals surface area (Å²) in [5, 5.41) is 2.88. The van der Waals surface area contributed by atoms with Crippen LogP contribution in [0.25, 0.3) is 0 Å². The van der Waals surface area contributed by atoms with E-state index in [9.17, 15) is 9.59 Å². The van der Waals surface area contributed by atoms with Gasteiger partial charge in [-0.05, 0) is 42.8 Å². The van der Waals surface area contributed by atoms with Gasteiger partial charge in [0.05, 0.1) is 24.9 Å². The van der Waals surface area contributed by atoms with Gasteiger partial charge in [0.2, 0.25) is 0 Å². The molecule has 0 spiro atoms. The summed E-state index contributed by atoms with van der Waals surface area (Å²) in [6.07, 6.45) is 0. The number of fused-ring (bicyclic) bond motifs is 1. The lowest BCUT2D eigenvalue weighted by Gasteiger charge is -2.30. The molecule has 1 N–H and O–H groups in total. The summed E-state index contributed by atoms with van der Waals surface area (Å²) in [5.74, 6) is 0.682. The van der Waals surface area contributed by atoms with Crippen molar-refractivity contribution in [2.45, 2.75) is 13.5 Å². The molecule has 30 heavy (non-hydrogen) atoms. The molecule has 1 aliphatic heterocycles. The maximum absolute atomic E-state index is 12.7. The second kappa shape index (κ2) is 8.29. The number of hydrogen-bond donors (Lipinski definition) is 1. The third kappa shape index (κ3) is 3.98. The lowest BCUT2D eigenvalue weighted by Crippen LogP contribution is -2.38. The van der Waals surface area contributed by atoms with Crippen LogP contribution in [0.15, 0.2) is 66.7 Å². The highest BCUT2D eigenvalue weighted by Gasteiger charge is 2.26. The number of aryl methyl sites for hydroxylation is 1. The van der Waals surface area contributed by atoms with E-state index < -0.39 is 0 Å². The van der Waals surface area contributed by atoms with Gasteiger partial charge >= 0.3 is 0 Å². The van der Waals surface area contributed by atoms with E-state index in [2.05, 4.69) is 5.32 Å². The van der Waals surface area contributed by atoms with Crippen LogP contribution in [-0.4, -0.2) is 25.5 Å². The van der Waals surface area contributed by atoms with Crippen LogP contribution < -0.4 is 19.7 Å². The molecule has 3 aromatic rings. The van der Waals surface area contributed by atoms with Crippen molar-refractivity contribution in [1.29, 1.82) is 0 Å². The molecule has 0 aliphatic carbocycles. The standard InChI is InChI=1S/C24H22N2O4/c1-16-7-9-17(10-8-16)14-26-20-13-18(11-12-22(20)30-15-23(26)27)25-24(28)19-5-3-4-6-21(19)29-2/h3-13H,14-15H2,1-2H3,(H,25,28). The van der Waals surface area contributed by atoms with Crippen molar-refractivity contribution in [3.8, 4) is 11.5 Å². The number of amides is 2. The number of carbonyl (C=O) groups is 2. The lowest BCUT2D eigenvalue weighted by molar-refractivity contribution is -0.121. The zero-order chi connectivity index (χ0) is 21.1. The van der Waals surface area contributed by atoms with E-state index in [1.807, 2.05) is 31.2 Å². The van der Waals surface area contributed by atoms with E-state index in [1.165, 1.54) is 7.11 Å². The summed E-state index contributed by atoms with van der Waals surface area (Å²) in [4.78, 5) is 27.0. The van der Waals surface area contributed by atoms with Crippen LogP contribution in [0.3, 0.4) is 0 Å².